The molecule has 0 heterocycles. The van der Waals surface area contributed by atoms with E-state index < -0.39 is 42.6 Å². The first-order chi connectivity index (χ1) is 8.89. The van der Waals surface area contributed by atoms with Crippen LogP contribution in [0.4, 0.5) is 8.78 Å². The standard InChI is InChI=1S/C13H13F2NO3/c14-13(15)6-9(7-13)11(17)16-10(12(18)19)8-4-2-1-3-5-8/h1-5,9-10H,6-7H2,(H,16,17)(H,18,19)/t10-/m1/s1. The number of rotatable bonds is 4. The van der Waals surface area contributed by atoms with Crippen molar-refractivity contribution in [3.05, 3.63) is 35.9 Å². The summed E-state index contributed by atoms with van der Waals surface area (Å²) in [6.45, 7) is 0. The fourth-order valence-electron chi connectivity index (χ4n) is 2.04. The second-order valence-electron chi connectivity index (χ2n) is 4.65. The molecule has 1 fully saturated rings. The maximum Gasteiger partial charge on any atom is 0.330 e. The molecule has 2 N–H and O–H groups in total. The molecule has 0 radical (unpaired) electrons. The number of hydrogen-bond donors (Lipinski definition) is 2. The van der Waals surface area contributed by atoms with Crippen molar-refractivity contribution in [2.75, 3.05) is 0 Å². The Morgan fingerprint density at radius 3 is 2.32 bits per heavy atom. The molecule has 0 aromatic heterocycles. The Hall–Kier alpha value is -1.98. The highest BCUT2D eigenvalue weighted by atomic mass is 19.3. The van der Waals surface area contributed by atoms with Gasteiger partial charge in [0, 0.05) is 18.8 Å². The predicted molar refractivity (Wildman–Crippen MR) is 62.6 cm³/mol. The summed E-state index contributed by atoms with van der Waals surface area (Å²) in [5.74, 6) is -5.46. The van der Waals surface area contributed by atoms with Crippen LogP contribution in [0.2, 0.25) is 0 Å². The molecule has 2 rings (SSSR count). The van der Waals surface area contributed by atoms with E-state index in [0.717, 1.165) is 0 Å². The molecule has 0 spiro atoms. The van der Waals surface area contributed by atoms with Crippen molar-refractivity contribution in [3.63, 3.8) is 0 Å². The molecule has 0 aliphatic heterocycles. The highest BCUT2D eigenvalue weighted by Crippen LogP contribution is 2.42. The number of aliphatic carboxylic acids is 1. The zero-order valence-corrected chi connectivity index (χ0v) is 9.98. The minimum absolute atomic E-state index is 0.412. The normalized spacial score (nSPS) is 19.3. The van der Waals surface area contributed by atoms with E-state index in [0.29, 0.717) is 5.56 Å². The van der Waals surface area contributed by atoms with E-state index in [1.165, 1.54) is 0 Å². The number of carbonyl (C=O) groups is 2. The van der Waals surface area contributed by atoms with E-state index in [2.05, 4.69) is 5.32 Å². The van der Waals surface area contributed by atoms with Crippen molar-refractivity contribution in [1.29, 1.82) is 0 Å². The zero-order valence-electron chi connectivity index (χ0n) is 9.98. The van der Waals surface area contributed by atoms with Crippen LogP contribution >= 0.6 is 0 Å². The minimum Gasteiger partial charge on any atom is -0.479 e. The molecule has 6 heteroatoms. The van der Waals surface area contributed by atoms with Crippen molar-refractivity contribution < 1.29 is 23.5 Å². The lowest BCUT2D eigenvalue weighted by atomic mass is 9.80. The van der Waals surface area contributed by atoms with Crippen LogP contribution in [0.1, 0.15) is 24.4 Å². The number of nitrogens with one attached hydrogen (secondary N) is 1. The van der Waals surface area contributed by atoms with Gasteiger partial charge in [-0.2, -0.15) is 0 Å². The maximum atomic E-state index is 12.7. The molecule has 0 unspecified atom stereocenters. The Balaban J connectivity index is 2.03. The Bertz CT molecular complexity index is 482. The number of carboxylic acid groups (broad SMARTS) is 1. The lowest BCUT2D eigenvalue weighted by Crippen LogP contribution is -2.47. The van der Waals surface area contributed by atoms with Gasteiger partial charge in [0.2, 0.25) is 11.8 Å². The van der Waals surface area contributed by atoms with Crippen molar-refractivity contribution in [2.45, 2.75) is 24.8 Å². The smallest absolute Gasteiger partial charge is 0.330 e. The van der Waals surface area contributed by atoms with E-state index in [9.17, 15) is 18.4 Å². The lowest BCUT2D eigenvalue weighted by molar-refractivity contribution is -0.153. The second-order valence-corrected chi connectivity index (χ2v) is 4.65. The van der Waals surface area contributed by atoms with Gasteiger partial charge in [-0.05, 0) is 5.56 Å². The van der Waals surface area contributed by atoms with Crippen LogP contribution in [0.25, 0.3) is 0 Å². The molecule has 1 amide bonds. The number of alkyl halides is 2. The van der Waals surface area contributed by atoms with E-state index in [1.807, 2.05) is 0 Å². The molecule has 0 saturated heterocycles. The minimum atomic E-state index is -2.80. The molecule has 1 atom stereocenters. The number of benzene rings is 1. The highest BCUT2D eigenvalue weighted by molar-refractivity contribution is 5.86. The first kappa shape index (κ1) is 13.5. The van der Waals surface area contributed by atoms with Gasteiger partial charge in [-0.3, -0.25) is 4.79 Å². The molecule has 4 nitrogen and oxygen atoms in total. The van der Waals surface area contributed by atoms with Crippen LogP contribution in [-0.2, 0) is 9.59 Å². The van der Waals surface area contributed by atoms with Gasteiger partial charge in [0.15, 0.2) is 6.04 Å². The van der Waals surface area contributed by atoms with Gasteiger partial charge >= 0.3 is 5.97 Å². The summed E-state index contributed by atoms with van der Waals surface area (Å²) in [6, 6.07) is 6.94. The van der Waals surface area contributed by atoms with Crippen LogP contribution < -0.4 is 5.32 Å². The largest absolute Gasteiger partial charge is 0.479 e. The fraction of sp³-hybridized carbons (Fsp3) is 0.385. The Kier molecular flexibility index (Phi) is 3.50. The topological polar surface area (TPSA) is 66.4 Å². The van der Waals surface area contributed by atoms with Crippen LogP contribution in [-0.4, -0.2) is 22.9 Å². The molecule has 1 aromatic carbocycles. The summed E-state index contributed by atoms with van der Waals surface area (Å²) in [4.78, 5) is 22.8. The van der Waals surface area contributed by atoms with Gasteiger partial charge in [0.1, 0.15) is 0 Å². The second kappa shape index (κ2) is 4.95. The molecule has 1 aliphatic rings. The number of amides is 1. The molecular weight excluding hydrogens is 256 g/mol. The average Bonchev–Trinajstić information content (AvgIpc) is 2.33. The SMILES string of the molecule is O=C(N[C@@H](C(=O)O)c1ccccc1)C1CC(F)(F)C1. The number of halogens is 2. The summed E-state index contributed by atoms with van der Waals surface area (Å²) in [5, 5.41) is 11.4. The van der Waals surface area contributed by atoms with Gasteiger partial charge in [0.25, 0.3) is 0 Å². The Morgan fingerprint density at radius 2 is 1.84 bits per heavy atom. The van der Waals surface area contributed by atoms with Crippen molar-refractivity contribution in [2.24, 2.45) is 5.92 Å². The quantitative estimate of drug-likeness (QED) is 0.878. The van der Waals surface area contributed by atoms with Crippen molar-refractivity contribution >= 4 is 11.9 Å². The molecular formula is C13H13F2NO3. The molecule has 0 bridgehead atoms. The first-order valence-electron chi connectivity index (χ1n) is 5.85. The third-order valence-corrected chi connectivity index (χ3v) is 3.13. The van der Waals surface area contributed by atoms with Crippen LogP contribution in [0.5, 0.6) is 0 Å². The van der Waals surface area contributed by atoms with E-state index in [1.54, 1.807) is 30.3 Å². The third kappa shape index (κ3) is 3.07. The zero-order chi connectivity index (χ0) is 14.0. The van der Waals surface area contributed by atoms with Gasteiger partial charge < -0.3 is 10.4 Å². The molecule has 102 valence electrons. The fourth-order valence-corrected chi connectivity index (χ4v) is 2.04. The first-order valence-corrected chi connectivity index (χ1v) is 5.85. The van der Waals surface area contributed by atoms with Crippen LogP contribution in [0.15, 0.2) is 30.3 Å². The number of hydrogen-bond acceptors (Lipinski definition) is 2. The predicted octanol–water partition coefficient (Wildman–Crippen LogP) is 1.97. The molecule has 1 aromatic rings. The molecule has 19 heavy (non-hydrogen) atoms. The van der Waals surface area contributed by atoms with Gasteiger partial charge in [-0.25, -0.2) is 13.6 Å². The molecule has 1 aliphatic carbocycles. The Morgan fingerprint density at radius 1 is 1.26 bits per heavy atom. The average molecular weight is 269 g/mol. The summed E-state index contributed by atoms with van der Waals surface area (Å²) >= 11 is 0. The van der Waals surface area contributed by atoms with Crippen LogP contribution in [0, 0.1) is 5.92 Å². The maximum absolute atomic E-state index is 12.7. The summed E-state index contributed by atoms with van der Waals surface area (Å²) in [6.07, 6.45) is -1.03. The van der Waals surface area contributed by atoms with E-state index in [-0.39, 0.29) is 0 Å². The number of carbonyl (C=O) groups excluding carboxylic acids is 1. The van der Waals surface area contributed by atoms with Gasteiger partial charge in [-0.15, -0.1) is 0 Å². The Labute approximate surface area is 108 Å². The summed E-state index contributed by atoms with van der Waals surface area (Å²) in [5.41, 5.74) is 0.412. The lowest BCUT2D eigenvalue weighted by Gasteiger charge is -2.34. The summed E-state index contributed by atoms with van der Waals surface area (Å²) in [7, 11) is 0. The van der Waals surface area contributed by atoms with Crippen LogP contribution in [0.3, 0.4) is 0 Å². The number of carboxylic acids is 1. The monoisotopic (exact) mass is 269 g/mol. The van der Waals surface area contributed by atoms with Gasteiger partial charge in [-0.1, -0.05) is 30.3 Å². The third-order valence-electron chi connectivity index (χ3n) is 3.13. The summed E-state index contributed by atoms with van der Waals surface area (Å²) < 4.78 is 25.3. The molecule has 1 saturated carbocycles. The van der Waals surface area contributed by atoms with E-state index >= 15 is 0 Å². The van der Waals surface area contributed by atoms with E-state index in [4.69, 9.17) is 5.11 Å². The van der Waals surface area contributed by atoms with Crippen molar-refractivity contribution in [3.8, 4) is 0 Å². The highest BCUT2D eigenvalue weighted by Gasteiger charge is 2.49. The van der Waals surface area contributed by atoms with Crippen molar-refractivity contribution in [1.82, 2.24) is 5.32 Å². The van der Waals surface area contributed by atoms with Gasteiger partial charge in [0.05, 0.1) is 0 Å².